The van der Waals surface area contributed by atoms with Gasteiger partial charge in [-0.05, 0) is 54.3 Å². The SMILES string of the molecule is CN(C(=O)CCc1c(-c2ccc(F)cc2)[nH]c2ccccc12)C1CCN(CC(F)(F)F)C1=O. The highest BCUT2D eigenvalue weighted by Crippen LogP contribution is 2.32. The van der Waals surface area contributed by atoms with Gasteiger partial charge < -0.3 is 14.8 Å². The molecular formula is C24H23F4N3O2. The molecule has 1 aliphatic rings. The molecule has 2 amide bonds. The van der Waals surface area contributed by atoms with E-state index in [1.165, 1.54) is 24.1 Å². The zero-order valence-corrected chi connectivity index (χ0v) is 18.0. The minimum Gasteiger partial charge on any atom is -0.354 e. The van der Waals surface area contributed by atoms with Gasteiger partial charge in [-0.25, -0.2) is 4.39 Å². The van der Waals surface area contributed by atoms with Crippen molar-refractivity contribution >= 4 is 22.7 Å². The maximum Gasteiger partial charge on any atom is 0.406 e. The zero-order chi connectivity index (χ0) is 23.8. The number of aryl methyl sites for hydroxylation is 1. The molecule has 1 atom stereocenters. The predicted octanol–water partition coefficient (Wildman–Crippen LogP) is 4.53. The van der Waals surface area contributed by atoms with E-state index < -0.39 is 24.7 Å². The molecule has 3 aromatic rings. The molecule has 1 saturated heterocycles. The predicted molar refractivity (Wildman–Crippen MR) is 116 cm³/mol. The van der Waals surface area contributed by atoms with Gasteiger partial charge in [0.15, 0.2) is 0 Å². The van der Waals surface area contributed by atoms with E-state index in [0.29, 0.717) is 6.42 Å². The number of aromatic nitrogens is 1. The lowest BCUT2D eigenvalue weighted by molar-refractivity contribution is -0.159. The van der Waals surface area contributed by atoms with Crippen LogP contribution in [0.15, 0.2) is 48.5 Å². The maximum absolute atomic E-state index is 13.4. The van der Waals surface area contributed by atoms with E-state index in [0.717, 1.165) is 32.6 Å². The first-order valence-corrected chi connectivity index (χ1v) is 10.6. The first-order chi connectivity index (χ1) is 15.6. The van der Waals surface area contributed by atoms with E-state index in [1.54, 1.807) is 12.1 Å². The van der Waals surface area contributed by atoms with Gasteiger partial charge in [-0.3, -0.25) is 9.59 Å². The number of nitrogens with one attached hydrogen (secondary N) is 1. The monoisotopic (exact) mass is 461 g/mol. The fraction of sp³-hybridized carbons (Fsp3) is 0.333. The Morgan fingerprint density at radius 1 is 1.15 bits per heavy atom. The summed E-state index contributed by atoms with van der Waals surface area (Å²) in [7, 11) is 1.46. The molecule has 174 valence electrons. The summed E-state index contributed by atoms with van der Waals surface area (Å²) in [5.74, 6) is -1.35. The fourth-order valence-corrected chi connectivity index (χ4v) is 4.36. The lowest BCUT2D eigenvalue weighted by Gasteiger charge is -2.24. The molecule has 1 aliphatic heterocycles. The van der Waals surface area contributed by atoms with Crippen molar-refractivity contribution in [3.63, 3.8) is 0 Å². The lowest BCUT2D eigenvalue weighted by Crippen LogP contribution is -2.44. The quantitative estimate of drug-likeness (QED) is 0.549. The third-order valence-corrected chi connectivity index (χ3v) is 6.04. The minimum absolute atomic E-state index is 0.0300. The largest absolute Gasteiger partial charge is 0.406 e. The molecule has 0 bridgehead atoms. The van der Waals surface area contributed by atoms with Gasteiger partial charge in [0.05, 0.1) is 0 Å². The first kappa shape index (κ1) is 22.8. The van der Waals surface area contributed by atoms with Crippen molar-refractivity contribution in [2.75, 3.05) is 20.1 Å². The van der Waals surface area contributed by atoms with Crippen LogP contribution in [-0.2, 0) is 16.0 Å². The summed E-state index contributed by atoms with van der Waals surface area (Å²) in [6, 6.07) is 12.8. The molecule has 5 nitrogen and oxygen atoms in total. The van der Waals surface area contributed by atoms with Crippen molar-refractivity contribution < 1.29 is 27.2 Å². The molecule has 1 aromatic heterocycles. The Hall–Kier alpha value is -3.36. The summed E-state index contributed by atoms with van der Waals surface area (Å²) in [4.78, 5) is 30.6. The van der Waals surface area contributed by atoms with E-state index in [4.69, 9.17) is 0 Å². The highest BCUT2D eigenvalue weighted by Gasteiger charge is 2.41. The Kier molecular flexibility index (Phi) is 6.14. The maximum atomic E-state index is 13.4. The number of para-hydroxylation sites is 1. The number of likely N-dealkylation sites (N-methyl/N-ethyl adjacent to an activating group) is 1. The smallest absolute Gasteiger partial charge is 0.354 e. The van der Waals surface area contributed by atoms with Crippen molar-refractivity contribution in [2.24, 2.45) is 0 Å². The molecule has 4 rings (SSSR count). The van der Waals surface area contributed by atoms with Gasteiger partial charge in [-0.2, -0.15) is 13.2 Å². The third-order valence-electron chi connectivity index (χ3n) is 6.04. The van der Waals surface area contributed by atoms with Crippen LogP contribution in [0.1, 0.15) is 18.4 Å². The van der Waals surface area contributed by atoms with Crippen LogP contribution in [0.2, 0.25) is 0 Å². The van der Waals surface area contributed by atoms with Crippen LogP contribution in [0.25, 0.3) is 22.2 Å². The number of alkyl halides is 3. The van der Waals surface area contributed by atoms with Gasteiger partial charge in [0, 0.05) is 36.6 Å². The Labute approximate surface area is 188 Å². The fourth-order valence-electron chi connectivity index (χ4n) is 4.36. The Morgan fingerprint density at radius 2 is 1.85 bits per heavy atom. The molecule has 0 spiro atoms. The molecule has 2 heterocycles. The highest BCUT2D eigenvalue weighted by molar-refractivity contribution is 5.92. The van der Waals surface area contributed by atoms with Gasteiger partial charge in [0.25, 0.3) is 0 Å². The van der Waals surface area contributed by atoms with Crippen molar-refractivity contribution in [1.82, 2.24) is 14.8 Å². The van der Waals surface area contributed by atoms with Crippen molar-refractivity contribution in [2.45, 2.75) is 31.5 Å². The summed E-state index contributed by atoms with van der Waals surface area (Å²) in [5, 5.41) is 0.931. The molecule has 1 fully saturated rings. The van der Waals surface area contributed by atoms with E-state index >= 15 is 0 Å². The van der Waals surface area contributed by atoms with Crippen LogP contribution in [0, 0.1) is 5.82 Å². The number of likely N-dealkylation sites (tertiary alicyclic amines) is 1. The summed E-state index contributed by atoms with van der Waals surface area (Å²) < 4.78 is 51.4. The zero-order valence-electron chi connectivity index (χ0n) is 18.0. The van der Waals surface area contributed by atoms with Crippen LogP contribution < -0.4 is 0 Å². The number of rotatable bonds is 6. The number of amides is 2. The minimum atomic E-state index is -4.47. The molecule has 9 heteroatoms. The molecule has 2 aromatic carbocycles. The molecule has 0 aliphatic carbocycles. The topological polar surface area (TPSA) is 56.4 Å². The number of hydrogen-bond donors (Lipinski definition) is 1. The lowest BCUT2D eigenvalue weighted by atomic mass is 10.0. The number of carbonyl (C=O) groups is 2. The number of hydrogen-bond acceptors (Lipinski definition) is 2. The Morgan fingerprint density at radius 3 is 2.55 bits per heavy atom. The van der Waals surface area contributed by atoms with E-state index in [1.807, 2.05) is 24.3 Å². The van der Waals surface area contributed by atoms with Gasteiger partial charge in [0.2, 0.25) is 11.8 Å². The number of fused-ring (bicyclic) bond motifs is 1. The van der Waals surface area contributed by atoms with Gasteiger partial charge >= 0.3 is 6.18 Å². The van der Waals surface area contributed by atoms with Crippen molar-refractivity contribution in [3.8, 4) is 11.3 Å². The van der Waals surface area contributed by atoms with Crippen LogP contribution >= 0.6 is 0 Å². The number of H-pyrrole nitrogens is 1. The second kappa shape index (κ2) is 8.88. The second-order valence-corrected chi connectivity index (χ2v) is 8.22. The van der Waals surface area contributed by atoms with Gasteiger partial charge in [-0.1, -0.05) is 18.2 Å². The molecule has 1 unspecified atom stereocenters. The number of aromatic amines is 1. The molecule has 0 radical (unpaired) electrons. The summed E-state index contributed by atoms with van der Waals surface area (Å²) in [6.45, 7) is -1.33. The highest BCUT2D eigenvalue weighted by atomic mass is 19.4. The van der Waals surface area contributed by atoms with E-state index in [2.05, 4.69) is 4.98 Å². The third kappa shape index (κ3) is 4.86. The van der Waals surface area contributed by atoms with E-state index in [-0.39, 0.29) is 31.1 Å². The summed E-state index contributed by atoms with van der Waals surface area (Å²) >= 11 is 0. The number of carbonyl (C=O) groups excluding carboxylic acids is 2. The standard InChI is InChI=1S/C24H23F4N3O2/c1-30(20-12-13-31(23(20)33)14-24(26,27)28)21(32)11-10-18-17-4-2-3-5-19(17)29-22(18)15-6-8-16(25)9-7-15/h2-9,20,29H,10-14H2,1H3. The average molecular weight is 461 g/mol. The average Bonchev–Trinajstić information content (AvgIpc) is 3.31. The van der Waals surface area contributed by atoms with Crippen LogP contribution in [-0.4, -0.2) is 59.0 Å². The summed E-state index contributed by atoms with van der Waals surface area (Å²) in [6.07, 6.45) is -3.87. The van der Waals surface area contributed by atoms with Gasteiger partial charge in [-0.15, -0.1) is 0 Å². The Balaban J connectivity index is 1.50. The van der Waals surface area contributed by atoms with Crippen molar-refractivity contribution in [3.05, 3.63) is 59.9 Å². The normalized spacial score (nSPS) is 16.6. The molecule has 0 saturated carbocycles. The van der Waals surface area contributed by atoms with Crippen molar-refractivity contribution in [1.29, 1.82) is 0 Å². The molecule has 33 heavy (non-hydrogen) atoms. The molecule has 1 N–H and O–H groups in total. The molecular weight excluding hydrogens is 438 g/mol. The van der Waals surface area contributed by atoms with Crippen LogP contribution in [0.3, 0.4) is 0 Å². The van der Waals surface area contributed by atoms with Crippen LogP contribution in [0.5, 0.6) is 0 Å². The van der Waals surface area contributed by atoms with E-state index in [9.17, 15) is 27.2 Å². The number of benzene rings is 2. The Bertz CT molecular complexity index is 1170. The summed E-state index contributed by atoms with van der Waals surface area (Å²) in [5.41, 5.74) is 3.31. The number of nitrogens with zero attached hydrogens (tertiary/aromatic N) is 2. The first-order valence-electron chi connectivity index (χ1n) is 10.6. The second-order valence-electron chi connectivity index (χ2n) is 8.22. The van der Waals surface area contributed by atoms with Gasteiger partial charge in [0.1, 0.15) is 18.4 Å². The van der Waals surface area contributed by atoms with Crippen LogP contribution in [0.4, 0.5) is 17.6 Å². The number of halogens is 4.